The van der Waals surface area contributed by atoms with Crippen molar-refractivity contribution in [3.8, 4) is 22.9 Å². The van der Waals surface area contributed by atoms with Crippen LogP contribution in [0.4, 0.5) is 0 Å². The van der Waals surface area contributed by atoms with Gasteiger partial charge >= 0.3 is 5.97 Å². The van der Waals surface area contributed by atoms with Crippen LogP contribution in [0.2, 0.25) is 5.02 Å². The number of carbonyl (C=O) groups is 1. The summed E-state index contributed by atoms with van der Waals surface area (Å²) in [7, 11) is 1.34. The molecule has 0 N–H and O–H groups in total. The van der Waals surface area contributed by atoms with E-state index in [0.717, 1.165) is 16.5 Å². The van der Waals surface area contributed by atoms with E-state index < -0.39 is 5.97 Å². The molecule has 0 aliphatic carbocycles. The number of aryl methyl sites for hydroxylation is 1. The van der Waals surface area contributed by atoms with Gasteiger partial charge in [0.2, 0.25) is 5.82 Å². The van der Waals surface area contributed by atoms with Crippen molar-refractivity contribution < 1.29 is 18.4 Å². The lowest BCUT2D eigenvalue weighted by Gasteiger charge is -2.07. The third-order valence-electron chi connectivity index (χ3n) is 6.29. The highest BCUT2D eigenvalue weighted by atomic mass is 35.5. The van der Waals surface area contributed by atoms with Crippen molar-refractivity contribution >= 4 is 45.7 Å². The van der Waals surface area contributed by atoms with Gasteiger partial charge in [0.25, 0.3) is 5.56 Å². The van der Waals surface area contributed by atoms with Gasteiger partial charge < -0.3 is 13.6 Å². The van der Waals surface area contributed by atoms with Gasteiger partial charge in [0.1, 0.15) is 17.1 Å². The third kappa shape index (κ3) is 4.51. The maximum absolute atomic E-state index is 13.5. The van der Waals surface area contributed by atoms with Gasteiger partial charge in [-0.2, -0.15) is 9.78 Å². The van der Waals surface area contributed by atoms with Crippen LogP contribution in [-0.4, -0.2) is 29.0 Å². The van der Waals surface area contributed by atoms with Gasteiger partial charge in [0.05, 0.1) is 29.8 Å². The summed E-state index contributed by atoms with van der Waals surface area (Å²) in [4.78, 5) is 30.0. The minimum Gasteiger partial charge on any atom is -0.465 e. The molecule has 0 fully saturated rings. The number of rotatable bonds is 5. The fraction of sp³-hybridized carbons (Fsp3) is 0.0667. The topological polar surface area (TPSA) is 99.8 Å². The zero-order valence-electron chi connectivity index (χ0n) is 20.8. The van der Waals surface area contributed by atoms with Crippen molar-refractivity contribution in [1.29, 1.82) is 0 Å². The van der Waals surface area contributed by atoms with Crippen molar-refractivity contribution in [1.82, 2.24) is 9.66 Å². The van der Waals surface area contributed by atoms with E-state index in [4.69, 9.17) is 25.2 Å². The Morgan fingerprint density at radius 3 is 2.67 bits per heavy atom. The Morgan fingerprint density at radius 2 is 1.85 bits per heavy atom. The number of halogens is 1. The van der Waals surface area contributed by atoms with Crippen LogP contribution in [0.3, 0.4) is 0 Å². The number of nitrogens with zero attached hydrogens (tertiary/aromatic N) is 3. The number of para-hydroxylation sites is 1. The molecule has 0 amide bonds. The summed E-state index contributed by atoms with van der Waals surface area (Å²) in [6.45, 7) is 1.88. The molecule has 0 aliphatic rings. The first-order chi connectivity index (χ1) is 18.9. The number of furan rings is 2. The maximum Gasteiger partial charge on any atom is 0.337 e. The Morgan fingerprint density at radius 1 is 1.00 bits per heavy atom. The summed E-state index contributed by atoms with van der Waals surface area (Å²) < 4.78 is 18.0. The first kappa shape index (κ1) is 24.4. The minimum absolute atomic E-state index is 0.239. The van der Waals surface area contributed by atoms with Crippen molar-refractivity contribution in [3.05, 3.63) is 111 Å². The summed E-state index contributed by atoms with van der Waals surface area (Å²) in [5.41, 5.74) is 2.89. The van der Waals surface area contributed by atoms with E-state index in [1.165, 1.54) is 18.0 Å². The molecule has 192 valence electrons. The average molecular weight is 538 g/mol. The molecule has 3 aromatic carbocycles. The van der Waals surface area contributed by atoms with Gasteiger partial charge in [-0.1, -0.05) is 29.8 Å². The number of hydrogen-bond donors (Lipinski definition) is 0. The zero-order valence-corrected chi connectivity index (χ0v) is 21.6. The first-order valence-corrected chi connectivity index (χ1v) is 12.3. The normalized spacial score (nSPS) is 11.6. The van der Waals surface area contributed by atoms with Crippen molar-refractivity contribution in [2.24, 2.45) is 5.10 Å². The number of esters is 1. The molecule has 0 atom stereocenters. The summed E-state index contributed by atoms with van der Waals surface area (Å²) in [5.74, 6) is 1.21. The minimum atomic E-state index is -0.408. The molecule has 0 aliphatic heterocycles. The molecular formula is C30H20ClN3O5. The molecule has 0 radical (unpaired) electrons. The van der Waals surface area contributed by atoms with E-state index in [0.29, 0.717) is 44.4 Å². The van der Waals surface area contributed by atoms with Crippen LogP contribution < -0.4 is 5.56 Å². The van der Waals surface area contributed by atoms with Crippen molar-refractivity contribution in [2.45, 2.75) is 6.92 Å². The zero-order chi connectivity index (χ0) is 27.1. The molecule has 39 heavy (non-hydrogen) atoms. The lowest BCUT2D eigenvalue weighted by atomic mass is 10.0. The SMILES string of the molecule is COC(=O)c1ccc(-c2ccc(C=Nn3c(-c4cc5cc(Cl)ccc5o4)nc4ccccc4c3=O)o2)c(C)c1. The van der Waals surface area contributed by atoms with Gasteiger partial charge in [-0.15, -0.1) is 0 Å². The number of aromatic nitrogens is 2. The van der Waals surface area contributed by atoms with Crippen LogP contribution >= 0.6 is 11.6 Å². The van der Waals surface area contributed by atoms with Crippen molar-refractivity contribution in [2.75, 3.05) is 7.11 Å². The van der Waals surface area contributed by atoms with Gasteiger partial charge in [-0.25, -0.2) is 9.78 Å². The molecule has 0 bridgehead atoms. The molecule has 0 saturated carbocycles. The van der Waals surface area contributed by atoms with Gasteiger partial charge in [-0.3, -0.25) is 4.79 Å². The average Bonchev–Trinajstić information content (AvgIpc) is 3.59. The van der Waals surface area contributed by atoms with E-state index in [9.17, 15) is 9.59 Å². The number of hydrogen-bond acceptors (Lipinski definition) is 7. The fourth-order valence-electron chi connectivity index (χ4n) is 4.38. The van der Waals surface area contributed by atoms with Gasteiger partial charge in [-0.05, 0) is 73.2 Å². The van der Waals surface area contributed by atoms with E-state index in [1.54, 1.807) is 72.8 Å². The molecule has 0 unspecified atom stereocenters. The standard InChI is InChI=1S/C30H20ClN3O5/c1-17-13-18(30(36)37-2)7-10-22(17)26-12-9-21(38-26)16-32-34-28(33-24-6-4-3-5-23(24)29(34)35)27-15-19-14-20(31)8-11-25(19)39-27/h3-16H,1-2H3. The third-order valence-corrected chi connectivity index (χ3v) is 6.53. The molecule has 6 rings (SSSR count). The van der Waals surface area contributed by atoms with Crippen LogP contribution in [-0.2, 0) is 4.74 Å². The monoisotopic (exact) mass is 537 g/mol. The second-order valence-electron chi connectivity index (χ2n) is 8.83. The predicted octanol–water partition coefficient (Wildman–Crippen LogP) is 6.70. The lowest BCUT2D eigenvalue weighted by Crippen LogP contribution is -2.20. The Hall–Kier alpha value is -4.95. The quantitative estimate of drug-likeness (QED) is 0.179. The smallest absolute Gasteiger partial charge is 0.337 e. The molecule has 6 aromatic rings. The Balaban J connectivity index is 1.41. The highest BCUT2D eigenvalue weighted by Gasteiger charge is 2.17. The van der Waals surface area contributed by atoms with Gasteiger partial charge in [0, 0.05) is 16.0 Å². The molecule has 0 spiro atoms. The van der Waals surface area contributed by atoms with E-state index in [2.05, 4.69) is 10.1 Å². The molecule has 3 aromatic heterocycles. The summed E-state index contributed by atoms with van der Waals surface area (Å²) in [6, 6.07) is 22.9. The van der Waals surface area contributed by atoms with Crippen molar-refractivity contribution in [3.63, 3.8) is 0 Å². The first-order valence-electron chi connectivity index (χ1n) is 12.0. The van der Waals surface area contributed by atoms with Gasteiger partial charge in [0.15, 0.2) is 5.76 Å². The van der Waals surface area contributed by atoms with Crippen LogP contribution in [0.5, 0.6) is 0 Å². The van der Waals surface area contributed by atoms with Crippen LogP contribution in [0.15, 0.2) is 97.6 Å². The molecule has 0 saturated heterocycles. The van der Waals surface area contributed by atoms with E-state index in [1.807, 2.05) is 13.0 Å². The number of ether oxygens (including phenoxy) is 1. The predicted molar refractivity (Wildman–Crippen MR) is 149 cm³/mol. The number of methoxy groups -OCH3 is 1. The Labute approximate surface area is 226 Å². The molecule has 3 heterocycles. The largest absolute Gasteiger partial charge is 0.465 e. The Kier molecular flexibility index (Phi) is 6.09. The summed E-state index contributed by atoms with van der Waals surface area (Å²) in [6.07, 6.45) is 1.45. The number of carbonyl (C=O) groups excluding carboxylic acids is 1. The highest BCUT2D eigenvalue weighted by molar-refractivity contribution is 6.31. The second-order valence-corrected chi connectivity index (χ2v) is 9.27. The molecule has 8 nitrogen and oxygen atoms in total. The summed E-state index contributed by atoms with van der Waals surface area (Å²) >= 11 is 6.14. The van der Waals surface area contributed by atoms with E-state index in [-0.39, 0.29) is 11.4 Å². The fourth-order valence-corrected chi connectivity index (χ4v) is 4.56. The molecule has 9 heteroatoms. The number of fused-ring (bicyclic) bond motifs is 2. The van der Waals surface area contributed by atoms with Crippen LogP contribution in [0.1, 0.15) is 21.7 Å². The highest BCUT2D eigenvalue weighted by Crippen LogP contribution is 2.30. The summed E-state index contributed by atoms with van der Waals surface area (Å²) in [5, 5.41) is 6.21. The Bertz CT molecular complexity index is 1980. The lowest BCUT2D eigenvalue weighted by molar-refractivity contribution is 0.0600. The second kappa shape index (κ2) is 9.74. The van der Waals surface area contributed by atoms with E-state index >= 15 is 0 Å². The maximum atomic E-state index is 13.5. The number of benzene rings is 3. The molecular weight excluding hydrogens is 518 g/mol. The van der Waals surface area contributed by atoms with Crippen LogP contribution in [0, 0.1) is 6.92 Å². The van der Waals surface area contributed by atoms with Crippen LogP contribution in [0.25, 0.3) is 44.8 Å².